The molecule has 2 aromatic rings. The number of aromatic nitrogens is 2. The maximum absolute atomic E-state index is 12.9. The van der Waals surface area contributed by atoms with Crippen molar-refractivity contribution >= 4 is 6.03 Å². The van der Waals surface area contributed by atoms with E-state index in [4.69, 9.17) is 5.73 Å². The molecule has 0 spiro atoms. The summed E-state index contributed by atoms with van der Waals surface area (Å²) in [7, 11) is 0. The van der Waals surface area contributed by atoms with Gasteiger partial charge in [0.05, 0.1) is 5.56 Å². The molecule has 2 fully saturated rings. The lowest BCUT2D eigenvalue weighted by Gasteiger charge is -2.21. The van der Waals surface area contributed by atoms with Gasteiger partial charge in [0.1, 0.15) is 11.9 Å². The second-order valence-electron chi connectivity index (χ2n) is 7.73. The molecule has 3 unspecified atom stereocenters. The first-order valence-electron chi connectivity index (χ1n) is 9.37. The highest BCUT2D eigenvalue weighted by Gasteiger charge is 2.42. The third kappa shape index (κ3) is 4.14. The molecule has 3 atom stereocenters. The normalized spacial score (nSPS) is 23.4. The minimum absolute atomic E-state index is 0.227. The van der Waals surface area contributed by atoms with Crippen molar-refractivity contribution in [2.45, 2.75) is 18.9 Å². The molecule has 3 heterocycles. The van der Waals surface area contributed by atoms with Gasteiger partial charge in [-0.1, -0.05) is 18.2 Å². The molecule has 1 aromatic carbocycles. The number of alkyl halides is 3. The Morgan fingerprint density at radius 3 is 2.48 bits per heavy atom. The number of halogens is 3. The van der Waals surface area contributed by atoms with Gasteiger partial charge in [0.25, 0.3) is 0 Å². The molecule has 0 saturated carbocycles. The maximum Gasteiger partial charge on any atom is 0.416 e. The molecule has 2 saturated heterocycles. The number of fused-ring (bicyclic) bond motifs is 1. The summed E-state index contributed by atoms with van der Waals surface area (Å²) < 4.78 is 39.9. The zero-order valence-corrected chi connectivity index (χ0v) is 15.6. The van der Waals surface area contributed by atoms with E-state index in [0.717, 1.165) is 19.2 Å². The van der Waals surface area contributed by atoms with Gasteiger partial charge in [-0.2, -0.15) is 23.0 Å². The van der Waals surface area contributed by atoms with Crippen LogP contribution in [0.5, 0.6) is 0 Å². The van der Waals surface area contributed by atoms with Crippen molar-refractivity contribution in [2.24, 2.45) is 17.6 Å². The van der Waals surface area contributed by atoms with Crippen molar-refractivity contribution in [2.75, 3.05) is 26.2 Å². The van der Waals surface area contributed by atoms with E-state index in [2.05, 4.69) is 10.00 Å². The molecule has 4 rings (SSSR count). The minimum Gasteiger partial charge on any atom is -0.373 e. The molecule has 1 aromatic heterocycles. The fourth-order valence-corrected chi connectivity index (χ4v) is 4.23. The summed E-state index contributed by atoms with van der Waals surface area (Å²) in [5.74, 6) is 0.555. The lowest BCUT2D eigenvalue weighted by molar-refractivity contribution is -0.137. The Morgan fingerprint density at radius 2 is 1.90 bits per heavy atom. The molecule has 156 valence electrons. The highest BCUT2D eigenvalue weighted by molar-refractivity contribution is 5.76. The average Bonchev–Trinajstić information content (AvgIpc) is 3.35. The van der Waals surface area contributed by atoms with Gasteiger partial charge in [-0.05, 0) is 29.5 Å². The van der Waals surface area contributed by atoms with E-state index in [9.17, 15) is 23.1 Å². The summed E-state index contributed by atoms with van der Waals surface area (Å²) in [6.07, 6.45) is -4.10. The summed E-state index contributed by atoms with van der Waals surface area (Å²) >= 11 is 0. The minimum atomic E-state index is -4.34. The van der Waals surface area contributed by atoms with Crippen LogP contribution < -0.4 is 5.73 Å². The second kappa shape index (κ2) is 7.43. The third-order valence-electron chi connectivity index (χ3n) is 5.60. The predicted molar refractivity (Wildman–Crippen MR) is 97.4 cm³/mol. The van der Waals surface area contributed by atoms with Crippen LogP contribution in [0.4, 0.5) is 18.0 Å². The number of hydrogen-bond acceptors (Lipinski definition) is 5. The molecule has 10 heteroatoms. The number of rotatable bonds is 3. The number of carbonyl (C=O) groups excluding carboxylic acids is 1. The van der Waals surface area contributed by atoms with E-state index in [-0.39, 0.29) is 23.6 Å². The lowest BCUT2D eigenvalue weighted by atomic mass is 10.0. The molecular weight excluding hydrogens is 387 g/mol. The topological polar surface area (TPSA) is 87.6 Å². The van der Waals surface area contributed by atoms with E-state index < -0.39 is 18.0 Å². The Hall–Kier alpha value is -2.43. The largest absolute Gasteiger partial charge is 0.416 e. The number of likely N-dealkylation sites (tertiary alicyclic amines) is 2. The predicted octanol–water partition coefficient (Wildman–Crippen LogP) is 1.88. The Bertz CT molecular complexity index is 884. The number of nitrogens with zero attached hydrogens (tertiary/aromatic N) is 4. The summed E-state index contributed by atoms with van der Waals surface area (Å²) in [5.41, 5.74) is 5.58. The van der Waals surface area contributed by atoms with E-state index >= 15 is 0 Å². The Labute approximate surface area is 165 Å². The molecule has 0 radical (unpaired) electrons. The number of hydrogen-bond donors (Lipinski definition) is 2. The molecule has 29 heavy (non-hydrogen) atoms. The number of nitrogens with two attached hydrogens (primary N) is 1. The summed E-state index contributed by atoms with van der Waals surface area (Å²) in [6, 6.07) is 6.65. The summed E-state index contributed by atoms with van der Waals surface area (Å²) in [5, 5.41) is 13.3. The number of aliphatic hydroxyl groups is 1. The Morgan fingerprint density at radius 1 is 1.21 bits per heavy atom. The maximum atomic E-state index is 12.9. The number of amides is 1. The van der Waals surface area contributed by atoms with Gasteiger partial charge in [-0.3, -0.25) is 4.90 Å². The highest BCUT2D eigenvalue weighted by atomic mass is 19.4. The van der Waals surface area contributed by atoms with Crippen molar-refractivity contribution < 1.29 is 23.1 Å². The van der Waals surface area contributed by atoms with Gasteiger partial charge in [0.2, 0.25) is 0 Å². The SMILES string of the molecule is NC(O)c1ccn(C(=O)N2CC3CN(Cc4cccc(C(F)(F)F)c4)CC3C2)n1. The first-order chi connectivity index (χ1) is 13.7. The van der Waals surface area contributed by atoms with Crippen LogP contribution in [0.15, 0.2) is 36.5 Å². The lowest BCUT2D eigenvalue weighted by Crippen LogP contribution is -2.36. The molecular formula is C19H22F3N5O2. The third-order valence-corrected chi connectivity index (χ3v) is 5.60. The Kier molecular flexibility index (Phi) is 5.09. The van der Waals surface area contributed by atoms with Gasteiger partial charge >= 0.3 is 12.2 Å². The monoisotopic (exact) mass is 409 g/mol. The van der Waals surface area contributed by atoms with Crippen molar-refractivity contribution in [1.82, 2.24) is 19.6 Å². The van der Waals surface area contributed by atoms with Crippen molar-refractivity contribution in [3.05, 3.63) is 53.3 Å². The van der Waals surface area contributed by atoms with Crippen LogP contribution in [-0.4, -0.2) is 56.9 Å². The highest BCUT2D eigenvalue weighted by Crippen LogP contribution is 2.33. The molecule has 2 aliphatic heterocycles. The van der Waals surface area contributed by atoms with Crippen LogP contribution >= 0.6 is 0 Å². The Balaban J connectivity index is 1.35. The van der Waals surface area contributed by atoms with Gasteiger partial charge in [0.15, 0.2) is 0 Å². The quantitative estimate of drug-likeness (QED) is 0.756. The van der Waals surface area contributed by atoms with Gasteiger partial charge in [0, 0.05) is 38.9 Å². The summed E-state index contributed by atoms with van der Waals surface area (Å²) in [4.78, 5) is 16.5. The van der Waals surface area contributed by atoms with Crippen LogP contribution in [0, 0.1) is 11.8 Å². The van der Waals surface area contributed by atoms with Crippen molar-refractivity contribution in [3.8, 4) is 0 Å². The van der Waals surface area contributed by atoms with Crippen molar-refractivity contribution in [1.29, 1.82) is 0 Å². The van der Waals surface area contributed by atoms with Crippen LogP contribution in [0.3, 0.4) is 0 Å². The zero-order chi connectivity index (χ0) is 20.8. The zero-order valence-electron chi connectivity index (χ0n) is 15.6. The summed E-state index contributed by atoms with van der Waals surface area (Å²) in [6.45, 7) is 3.07. The van der Waals surface area contributed by atoms with Crippen LogP contribution in [0.25, 0.3) is 0 Å². The standard InChI is InChI=1S/C19H22F3N5O2/c20-19(21,22)15-3-1-2-12(6-15)7-25-8-13-10-26(11-14(13)9-25)18(29)27-5-4-16(24-27)17(23)28/h1-6,13-14,17,28H,7-11,23H2. The van der Waals surface area contributed by atoms with E-state index in [0.29, 0.717) is 25.2 Å². The van der Waals surface area contributed by atoms with E-state index in [1.54, 1.807) is 11.0 Å². The van der Waals surface area contributed by atoms with E-state index in [1.807, 2.05) is 0 Å². The fourth-order valence-electron chi connectivity index (χ4n) is 4.23. The van der Waals surface area contributed by atoms with E-state index in [1.165, 1.54) is 29.1 Å². The van der Waals surface area contributed by atoms with Crippen molar-refractivity contribution in [3.63, 3.8) is 0 Å². The number of carbonyl (C=O) groups is 1. The van der Waals surface area contributed by atoms with Crippen LogP contribution in [-0.2, 0) is 12.7 Å². The molecule has 0 bridgehead atoms. The van der Waals surface area contributed by atoms with Gasteiger partial charge in [-0.15, -0.1) is 0 Å². The molecule has 0 aliphatic carbocycles. The first-order valence-corrected chi connectivity index (χ1v) is 9.37. The van der Waals surface area contributed by atoms with Crippen LogP contribution in [0.1, 0.15) is 23.0 Å². The number of aliphatic hydroxyl groups excluding tert-OH is 1. The van der Waals surface area contributed by atoms with Gasteiger partial charge in [-0.25, -0.2) is 4.79 Å². The van der Waals surface area contributed by atoms with Gasteiger partial charge < -0.3 is 15.7 Å². The average molecular weight is 409 g/mol. The smallest absolute Gasteiger partial charge is 0.373 e. The molecule has 2 aliphatic rings. The fraction of sp³-hybridized carbons (Fsp3) is 0.474. The second-order valence-corrected chi connectivity index (χ2v) is 7.73. The molecule has 7 nitrogen and oxygen atoms in total. The van der Waals surface area contributed by atoms with Crippen LogP contribution in [0.2, 0.25) is 0 Å². The first kappa shape index (κ1) is 19.9. The molecule has 1 amide bonds. The molecule has 3 N–H and O–H groups in total. The number of benzene rings is 1.